The first-order valence-electron chi connectivity index (χ1n) is 13.5. The lowest BCUT2D eigenvalue weighted by atomic mass is 9.69. The molecule has 0 fully saturated rings. The summed E-state index contributed by atoms with van der Waals surface area (Å²) >= 11 is 0. The van der Waals surface area contributed by atoms with Crippen LogP contribution in [0.1, 0.15) is 70.1 Å². The molecule has 7 rings (SSSR count). The van der Waals surface area contributed by atoms with Gasteiger partial charge in [0.1, 0.15) is 0 Å². The maximum Gasteiger partial charge on any atom is 0.416 e. The zero-order valence-electron chi connectivity index (χ0n) is 21.2. The van der Waals surface area contributed by atoms with Gasteiger partial charge < -0.3 is 10.6 Å². The second-order valence-corrected chi connectivity index (χ2v) is 11.2. The van der Waals surface area contributed by atoms with Crippen molar-refractivity contribution in [2.75, 3.05) is 10.6 Å². The van der Waals surface area contributed by atoms with E-state index in [1.165, 1.54) is 11.1 Å². The summed E-state index contributed by atoms with van der Waals surface area (Å²) in [5, 5.41) is 7.31. The van der Waals surface area contributed by atoms with Crippen LogP contribution in [0.25, 0.3) is 0 Å². The summed E-state index contributed by atoms with van der Waals surface area (Å²) in [6, 6.07) is 14.7. The van der Waals surface area contributed by atoms with E-state index in [9.17, 15) is 26.3 Å². The number of anilines is 2. The Hall–Kier alpha value is -3.68. The van der Waals surface area contributed by atoms with Crippen molar-refractivity contribution in [1.82, 2.24) is 0 Å². The molecule has 2 N–H and O–H groups in total. The maximum absolute atomic E-state index is 13.2. The Bertz CT molecular complexity index is 1390. The molecule has 2 nitrogen and oxygen atoms in total. The lowest BCUT2D eigenvalue weighted by Gasteiger charge is -2.44. The summed E-state index contributed by atoms with van der Waals surface area (Å²) in [6.45, 7) is 0. The Morgan fingerprint density at radius 3 is 1.25 bits per heavy atom. The first kappa shape index (κ1) is 25.3. The van der Waals surface area contributed by atoms with Crippen LogP contribution in [0.4, 0.5) is 37.7 Å². The van der Waals surface area contributed by atoms with E-state index in [2.05, 4.69) is 34.9 Å². The van der Waals surface area contributed by atoms with Crippen LogP contribution in [0, 0.1) is 11.8 Å². The minimum atomic E-state index is -4.38. The molecule has 0 spiro atoms. The zero-order valence-corrected chi connectivity index (χ0v) is 21.2. The van der Waals surface area contributed by atoms with E-state index in [-0.39, 0.29) is 35.8 Å². The highest BCUT2D eigenvalue weighted by Gasteiger charge is 2.45. The molecule has 2 aliphatic heterocycles. The number of allylic oxidation sites excluding steroid dienone is 4. The van der Waals surface area contributed by atoms with Crippen LogP contribution in [0.15, 0.2) is 85.0 Å². The summed E-state index contributed by atoms with van der Waals surface area (Å²) < 4.78 is 79.0. The largest absolute Gasteiger partial charge is 0.416 e. The predicted octanol–water partition coefficient (Wildman–Crippen LogP) is 9.38. The number of alkyl halides is 6. The molecule has 2 heterocycles. The normalized spacial score (nSPS) is 28.2. The Morgan fingerprint density at radius 1 is 0.525 bits per heavy atom. The summed E-state index contributed by atoms with van der Waals surface area (Å²) in [5.41, 5.74) is 4.71. The lowest BCUT2D eigenvalue weighted by molar-refractivity contribution is -0.138. The number of nitrogens with one attached hydrogen (secondary N) is 2. The van der Waals surface area contributed by atoms with Crippen molar-refractivity contribution in [3.05, 3.63) is 118 Å². The third-order valence-electron chi connectivity index (χ3n) is 9.05. The molecule has 0 saturated carbocycles. The molecule has 206 valence electrons. The summed E-state index contributed by atoms with van der Waals surface area (Å²) in [5.74, 6) is 0.537. The van der Waals surface area contributed by atoms with Gasteiger partial charge in [0.25, 0.3) is 0 Å². The highest BCUT2D eigenvalue weighted by atomic mass is 19.4. The Morgan fingerprint density at radius 2 is 0.900 bits per heavy atom. The van der Waals surface area contributed by atoms with Crippen molar-refractivity contribution >= 4 is 11.4 Å². The molecular weight excluding hydrogens is 526 g/mol. The van der Waals surface area contributed by atoms with Crippen LogP contribution >= 0.6 is 0 Å². The van der Waals surface area contributed by atoms with Gasteiger partial charge in [0.2, 0.25) is 0 Å². The van der Waals surface area contributed by atoms with Gasteiger partial charge in [-0.25, -0.2) is 0 Å². The predicted molar refractivity (Wildman–Crippen MR) is 142 cm³/mol. The quantitative estimate of drug-likeness (QED) is 0.245. The molecule has 0 amide bonds. The standard InChI is InChI=1S/C32H26F6N2/c33-31(34,35)19-11-7-17(8-12-19)29-23-5-1-3-21(23)27-25(39-29)15-16-26-28(27)22-4-2-6-24(22)30(40-26)18-9-13-20(14-10-18)32(36,37)38/h1-4,7-16,21-24,29-30,39-40H,5-6H2/t21-,22+,23+,24-,29+,30-. The third kappa shape index (κ3) is 4.02. The van der Waals surface area contributed by atoms with Gasteiger partial charge in [-0.05, 0) is 83.3 Å². The molecule has 40 heavy (non-hydrogen) atoms. The van der Waals surface area contributed by atoms with E-state index in [1.54, 1.807) is 24.3 Å². The summed E-state index contributed by atoms with van der Waals surface area (Å²) in [4.78, 5) is 0. The molecule has 8 heteroatoms. The first-order valence-corrected chi connectivity index (χ1v) is 13.5. The minimum Gasteiger partial charge on any atom is -0.378 e. The molecule has 0 saturated heterocycles. The van der Waals surface area contributed by atoms with Gasteiger partial charge in [0.15, 0.2) is 0 Å². The highest BCUT2D eigenvalue weighted by Crippen LogP contribution is 2.58. The molecule has 0 unspecified atom stereocenters. The van der Waals surface area contributed by atoms with Crippen LogP contribution in [-0.2, 0) is 12.4 Å². The second kappa shape index (κ2) is 8.91. The number of benzene rings is 3. The van der Waals surface area contributed by atoms with E-state index >= 15 is 0 Å². The maximum atomic E-state index is 13.2. The van der Waals surface area contributed by atoms with E-state index in [0.717, 1.165) is 59.6 Å². The number of rotatable bonds is 2. The van der Waals surface area contributed by atoms with Crippen molar-refractivity contribution in [2.45, 2.75) is 49.1 Å². The fourth-order valence-corrected chi connectivity index (χ4v) is 7.23. The van der Waals surface area contributed by atoms with Gasteiger partial charge in [-0.3, -0.25) is 0 Å². The molecule has 3 aromatic rings. The van der Waals surface area contributed by atoms with Gasteiger partial charge >= 0.3 is 12.4 Å². The molecule has 6 atom stereocenters. The number of hydrogen-bond donors (Lipinski definition) is 2. The van der Waals surface area contributed by atoms with Crippen LogP contribution in [0.2, 0.25) is 0 Å². The van der Waals surface area contributed by atoms with E-state index in [0.29, 0.717) is 0 Å². The van der Waals surface area contributed by atoms with Crippen LogP contribution in [-0.4, -0.2) is 0 Å². The molecule has 2 aliphatic carbocycles. The van der Waals surface area contributed by atoms with Crippen LogP contribution in [0.5, 0.6) is 0 Å². The molecule has 0 radical (unpaired) electrons. The lowest BCUT2D eigenvalue weighted by Crippen LogP contribution is -2.34. The summed E-state index contributed by atoms with van der Waals surface area (Å²) in [6.07, 6.45) is 1.64. The van der Waals surface area contributed by atoms with Crippen molar-refractivity contribution in [1.29, 1.82) is 0 Å². The van der Waals surface area contributed by atoms with E-state index in [1.807, 2.05) is 12.1 Å². The van der Waals surface area contributed by atoms with Gasteiger partial charge in [0, 0.05) is 23.2 Å². The van der Waals surface area contributed by atoms with Crippen LogP contribution < -0.4 is 10.6 Å². The number of halogens is 6. The third-order valence-corrected chi connectivity index (χ3v) is 9.05. The highest BCUT2D eigenvalue weighted by molar-refractivity contribution is 5.73. The monoisotopic (exact) mass is 552 g/mol. The van der Waals surface area contributed by atoms with Gasteiger partial charge in [-0.15, -0.1) is 0 Å². The van der Waals surface area contributed by atoms with Crippen molar-refractivity contribution in [2.24, 2.45) is 11.8 Å². The van der Waals surface area contributed by atoms with Crippen LogP contribution in [0.3, 0.4) is 0 Å². The average molecular weight is 553 g/mol. The molecule has 4 aliphatic rings. The number of fused-ring (bicyclic) bond motifs is 7. The molecule has 3 aromatic carbocycles. The Labute approximate surface area is 227 Å². The molecule has 0 aromatic heterocycles. The molecular formula is C32H26F6N2. The van der Waals surface area contributed by atoms with Crippen molar-refractivity contribution in [3.63, 3.8) is 0 Å². The fraction of sp³-hybridized carbons (Fsp3) is 0.312. The van der Waals surface area contributed by atoms with Crippen molar-refractivity contribution in [3.8, 4) is 0 Å². The smallest absolute Gasteiger partial charge is 0.378 e. The molecule has 0 bridgehead atoms. The number of hydrogen-bond acceptors (Lipinski definition) is 2. The first-order chi connectivity index (χ1) is 19.1. The average Bonchev–Trinajstić information content (AvgIpc) is 3.61. The zero-order chi connectivity index (χ0) is 27.8. The van der Waals surface area contributed by atoms with E-state index < -0.39 is 23.5 Å². The topological polar surface area (TPSA) is 24.1 Å². The SMILES string of the molecule is FC(F)(F)c1ccc([C@H]2Nc3ccc4c(c3[C@H]3C=CC[C@H]32)[C@@H]2C=CC[C@@H]2[C@H](c2ccc(C(F)(F)F)cc2)N4)cc1. The Kier molecular flexibility index (Phi) is 5.64. The Balaban J connectivity index is 1.25. The van der Waals surface area contributed by atoms with Gasteiger partial charge in [-0.2, -0.15) is 26.3 Å². The van der Waals surface area contributed by atoms with Gasteiger partial charge in [-0.1, -0.05) is 48.6 Å². The second-order valence-electron chi connectivity index (χ2n) is 11.2. The minimum absolute atomic E-state index is 0.109. The van der Waals surface area contributed by atoms with E-state index in [4.69, 9.17) is 0 Å². The van der Waals surface area contributed by atoms with Gasteiger partial charge in [0.05, 0.1) is 23.2 Å². The summed E-state index contributed by atoms with van der Waals surface area (Å²) in [7, 11) is 0. The fourth-order valence-electron chi connectivity index (χ4n) is 7.23. The van der Waals surface area contributed by atoms with Crippen molar-refractivity contribution < 1.29 is 26.3 Å².